The largest absolute Gasteiger partial charge is 0.466 e. The summed E-state index contributed by atoms with van der Waals surface area (Å²) < 4.78 is 16.4. The summed E-state index contributed by atoms with van der Waals surface area (Å²) >= 11 is 6.87. The topological polar surface area (TPSA) is 65.1 Å². The molecule has 0 amide bonds. The van der Waals surface area contributed by atoms with Crippen molar-refractivity contribution in [3.63, 3.8) is 0 Å². The lowest BCUT2D eigenvalue weighted by atomic mass is 10.1. The molecule has 118 valence electrons. The molecule has 0 saturated carbocycles. The number of anilines is 1. The van der Waals surface area contributed by atoms with Gasteiger partial charge in [-0.15, -0.1) is 0 Å². The van der Waals surface area contributed by atoms with E-state index in [2.05, 4.69) is 31.9 Å². The van der Waals surface area contributed by atoms with E-state index in [0.717, 1.165) is 8.95 Å². The molecule has 0 unspecified atom stereocenters. The molecule has 1 aliphatic rings. The van der Waals surface area contributed by atoms with Crippen LogP contribution in [0.3, 0.4) is 0 Å². The molecular formula is C14H13Br2NO5. The number of benzene rings is 1. The van der Waals surface area contributed by atoms with Crippen LogP contribution in [0.1, 0.15) is 0 Å². The van der Waals surface area contributed by atoms with Crippen molar-refractivity contribution in [1.29, 1.82) is 0 Å². The van der Waals surface area contributed by atoms with Crippen molar-refractivity contribution in [3.8, 4) is 0 Å². The molecule has 0 aliphatic carbocycles. The van der Waals surface area contributed by atoms with Gasteiger partial charge in [-0.3, -0.25) is 0 Å². The Bertz CT molecular complexity index is 624. The second kappa shape index (κ2) is 7.26. The van der Waals surface area contributed by atoms with Crippen LogP contribution >= 0.6 is 31.9 Å². The molecule has 0 aromatic heterocycles. The zero-order valence-corrected chi connectivity index (χ0v) is 15.1. The van der Waals surface area contributed by atoms with Crippen LogP contribution in [0, 0.1) is 0 Å². The van der Waals surface area contributed by atoms with Gasteiger partial charge in [0.1, 0.15) is 12.4 Å². The number of rotatable bonds is 3. The van der Waals surface area contributed by atoms with Crippen LogP contribution in [0.5, 0.6) is 0 Å². The van der Waals surface area contributed by atoms with Crippen molar-refractivity contribution in [2.24, 2.45) is 0 Å². The first-order chi connectivity index (χ1) is 10.5. The minimum absolute atomic E-state index is 0.0182. The van der Waals surface area contributed by atoms with Gasteiger partial charge in [0, 0.05) is 8.95 Å². The van der Waals surface area contributed by atoms with E-state index < -0.39 is 11.9 Å². The highest BCUT2D eigenvalue weighted by atomic mass is 79.9. The van der Waals surface area contributed by atoms with E-state index in [1.807, 2.05) is 18.2 Å². The Kier molecular flexibility index (Phi) is 5.60. The maximum Gasteiger partial charge on any atom is 0.355 e. The van der Waals surface area contributed by atoms with Crippen LogP contribution in [0.2, 0.25) is 0 Å². The number of esters is 2. The fourth-order valence-corrected chi connectivity index (χ4v) is 3.49. The molecule has 0 spiro atoms. The summed E-state index contributed by atoms with van der Waals surface area (Å²) in [5.41, 5.74) is 0.875. The quantitative estimate of drug-likeness (QED) is 0.681. The Labute approximate surface area is 144 Å². The third kappa shape index (κ3) is 3.18. The van der Waals surface area contributed by atoms with E-state index >= 15 is 0 Å². The summed E-state index contributed by atoms with van der Waals surface area (Å²) in [5.74, 6) is -1.26. The zero-order chi connectivity index (χ0) is 16.3. The van der Waals surface area contributed by atoms with Crippen molar-refractivity contribution >= 4 is 49.5 Å². The first kappa shape index (κ1) is 17.0. The van der Waals surface area contributed by atoms with Gasteiger partial charge in [0.05, 0.1) is 32.1 Å². The molecule has 22 heavy (non-hydrogen) atoms. The lowest BCUT2D eigenvalue weighted by Crippen LogP contribution is -2.39. The summed E-state index contributed by atoms with van der Waals surface area (Å²) in [6, 6.07) is 5.48. The van der Waals surface area contributed by atoms with E-state index in [0.29, 0.717) is 5.69 Å². The van der Waals surface area contributed by atoms with Gasteiger partial charge >= 0.3 is 11.9 Å². The molecule has 0 N–H and O–H groups in total. The molecule has 0 radical (unpaired) electrons. The minimum atomic E-state index is -0.633. The number of hydrogen-bond donors (Lipinski definition) is 0. The molecule has 0 atom stereocenters. The first-order valence-electron chi connectivity index (χ1n) is 6.20. The summed E-state index contributed by atoms with van der Waals surface area (Å²) in [7, 11) is 2.50. The highest BCUT2D eigenvalue weighted by molar-refractivity contribution is 9.11. The van der Waals surface area contributed by atoms with Gasteiger partial charge in [-0.25, -0.2) is 9.59 Å². The number of hydrogen-bond acceptors (Lipinski definition) is 6. The lowest BCUT2D eigenvalue weighted by molar-refractivity contribution is -0.140. The molecule has 1 aromatic carbocycles. The van der Waals surface area contributed by atoms with Gasteiger partial charge in [0.25, 0.3) is 0 Å². The average molecular weight is 435 g/mol. The van der Waals surface area contributed by atoms with E-state index in [4.69, 9.17) is 14.2 Å². The standard InChI is InChI=1S/C14H13Br2NO5/c1-20-13(18)8-6-22-7-17(11(8)14(19)21-2)12-9(15)4-3-5-10(12)16/h3-5H,6-7H2,1-2H3. The first-order valence-corrected chi connectivity index (χ1v) is 7.79. The molecule has 0 fully saturated rings. The van der Waals surface area contributed by atoms with E-state index in [1.165, 1.54) is 14.2 Å². The van der Waals surface area contributed by atoms with Crippen molar-refractivity contribution in [2.45, 2.75) is 0 Å². The van der Waals surface area contributed by atoms with E-state index in [-0.39, 0.29) is 24.6 Å². The fourth-order valence-electron chi connectivity index (χ4n) is 2.07. The average Bonchev–Trinajstić information content (AvgIpc) is 2.53. The molecule has 2 rings (SSSR count). The van der Waals surface area contributed by atoms with E-state index in [9.17, 15) is 9.59 Å². The summed E-state index contributed by atoms with van der Waals surface area (Å²) in [4.78, 5) is 25.7. The molecule has 1 aromatic rings. The maximum absolute atomic E-state index is 12.2. The number of nitrogens with zero attached hydrogens (tertiary/aromatic N) is 1. The minimum Gasteiger partial charge on any atom is -0.466 e. The predicted octanol–water partition coefficient (Wildman–Crippen LogP) is 2.61. The fraction of sp³-hybridized carbons (Fsp3) is 0.286. The smallest absolute Gasteiger partial charge is 0.355 e. The SMILES string of the molecule is COC(=O)C1=C(C(=O)OC)N(c2c(Br)cccc2Br)COC1. The van der Waals surface area contributed by atoms with Gasteiger partial charge in [0.2, 0.25) is 0 Å². The van der Waals surface area contributed by atoms with Crippen molar-refractivity contribution < 1.29 is 23.8 Å². The summed E-state index contributed by atoms with van der Waals surface area (Å²) in [6.45, 7) is 0.0851. The highest BCUT2D eigenvalue weighted by Crippen LogP contribution is 2.38. The monoisotopic (exact) mass is 433 g/mol. The number of carbonyl (C=O) groups is 2. The van der Waals surface area contributed by atoms with Crippen molar-refractivity contribution in [2.75, 3.05) is 32.5 Å². The van der Waals surface area contributed by atoms with Gasteiger partial charge in [-0.2, -0.15) is 0 Å². The van der Waals surface area contributed by atoms with Crippen LogP contribution in [0.25, 0.3) is 0 Å². The second-order valence-corrected chi connectivity index (χ2v) is 5.99. The molecular weight excluding hydrogens is 422 g/mol. The molecule has 1 heterocycles. The van der Waals surface area contributed by atoms with Crippen LogP contribution in [-0.4, -0.2) is 39.5 Å². The number of methoxy groups -OCH3 is 2. The molecule has 1 aliphatic heterocycles. The van der Waals surface area contributed by atoms with Crippen LogP contribution < -0.4 is 4.90 Å². The highest BCUT2D eigenvalue weighted by Gasteiger charge is 2.33. The van der Waals surface area contributed by atoms with Gasteiger partial charge in [-0.1, -0.05) is 6.07 Å². The lowest BCUT2D eigenvalue weighted by Gasteiger charge is -2.32. The van der Waals surface area contributed by atoms with Gasteiger partial charge < -0.3 is 19.1 Å². The third-order valence-corrected chi connectivity index (χ3v) is 4.32. The number of carbonyl (C=O) groups excluding carboxylic acids is 2. The van der Waals surface area contributed by atoms with Crippen LogP contribution in [0.15, 0.2) is 38.4 Å². The Morgan fingerprint density at radius 3 is 2.27 bits per heavy atom. The summed E-state index contributed by atoms with van der Waals surface area (Å²) in [5, 5.41) is 0. The predicted molar refractivity (Wildman–Crippen MR) is 86.2 cm³/mol. The van der Waals surface area contributed by atoms with Crippen LogP contribution in [-0.2, 0) is 23.8 Å². The number of halogens is 2. The van der Waals surface area contributed by atoms with Crippen molar-refractivity contribution in [3.05, 3.63) is 38.4 Å². The Hall–Kier alpha value is -1.38. The Morgan fingerprint density at radius 1 is 1.14 bits per heavy atom. The summed E-state index contributed by atoms with van der Waals surface area (Å²) in [6.07, 6.45) is 0. The van der Waals surface area contributed by atoms with Gasteiger partial charge in [-0.05, 0) is 44.0 Å². The van der Waals surface area contributed by atoms with Crippen LogP contribution in [0.4, 0.5) is 5.69 Å². The normalized spacial score (nSPS) is 14.8. The zero-order valence-electron chi connectivity index (χ0n) is 11.9. The Morgan fingerprint density at radius 2 is 1.73 bits per heavy atom. The third-order valence-electron chi connectivity index (χ3n) is 3.04. The van der Waals surface area contributed by atoms with Crippen molar-refractivity contribution in [1.82, 2.24) is 0 Å². The Balaban J connectivity index is 2.63. The molecule has 6 nitrogen and oxygen atoms in total. The number of ether oxygens (including phenoxy) is 3. The van der Waals surface area contributed by atoms with E-state index in [1.54, 1.807) is 4.90 Å². The van der Waals surface area contributed by atoms with Gasteiger partial charge in [0.15, 0.2) is 0 Å². The second-order valence-electron chi connectivity index (χ2n) is 4.29. The molecule has 0 saturated heterocycles. The molecule has 8 heteroatoms. The molecule has 0 bridgehead atoms. The maximum atomic E-state index is 12.2. The number of para-hydroxylation sites is 1.